The number of nitrogens with two attached hydrogens (primary N) is 1. The second-order valence-corrected chi connectivity index (χ2v) is 4.88. The zero-order valence-electron chi connectivity index (χ0n) is 8.23. The summed E-state index contributed by atoms with van der Waals surface area (Å²) >= 11 is 0. The molecule has 13 heavy (non-hydrogen) atoms. The van der Waals surface area contributed by atoms with Gasteiger partial charge in [-0.1, -0.05) is 6.08 Å². The van der Waals surface area contributed by atoms with E-state index in [0.717, 1.165) is 5.41 Å². The van der Waals surface area contributed by atoms with Gasteiger partial charge in [0.05, 0.1) is 6.10 Å². The van der Waals surface area contributed by atoms with E-state index in [4.69, 9.17) is 10.5 Å². The molecule has 4 nitrogen and oxygen atoms in total. The highest BCUT2D eigenvalue weighted by Gasteiger charge is 2.22. The largest absolute Gasteiger partial charge is 0.358 e. The Kier molecular flexibility index (Phi) is 5.20. The van der Waals surface area contributed by atoms with Crippen LogP contribution in [0.1, 0.15) is 20.8 Å². The van der Waals surface area contributed by atoms with Gasteiger partial charge in [-0.3, -0.25) is 0 Å². The Bertz CT molecular complexity index is 257. The third kappa shape index (κ3) is 4.40. The SMILES string of the molecule is CC=CS(=O)(=O)C(CN)OC(C)C. The van der Waals surface area contributed by atoms with Crippen molar-refractivity contribution >= 4 is 9.84 Å². The van der Waals surface area contributed by atoms with Gasteiger partial charge in [0.1, 0.15) is 0 Å². The zero-order chi connectivity index (χ0) is 10.5. The van der Waals surface area contributed by atoms with Crippen molar-refractivity contribution in [1.82, 2.24) is 0 Å². The van der Waals surface area contributed by atoms with Gasteiger partial charge in [-0.25, -0.2) is 8.42 Å². The van der Waals surface area contributed by atoms with Crippen LogP contribution in [0.3, 0.4) is 0 Å². The van der Waals surface area contributed by atoms with Crippen LogP contribution >= 0.6 is 0 Å². The van der Waals surface area contributed by atoms with E-state index in [-0.39, 0.29) is 12.6 Å². The Balaban J connectivity index is 4.57. The summed E-state index contributed by atoms with van der Waals surface area (Å²) in [5, 5.41) is 1.12. The van der Waals surface area contributed by atoms with Crippen LogP contribution in [0, 0.1) is 0 Å². The lowest BCUT2D eigenvalue weighted by Crippen LogP contribution is -2.33. The third-order valence-corrected chi connectivity index (χ3v) is 3.00. The Labute approximate surface area is 79.7 Å². The van der Waals surface area contributed by atoms with Crippen molar-refractivity contribution in [3.63, 3.8) is 0 Å². The Morgan fingerprint density at radius 1 is 1.46 bits per heavy atom. The first-order valence-electron chi connectivity index (χ1n) is 4.16. The highest BCUT2D eigenvalue weighted by Crippen LogP contribution is 2.07. The second-order valence-electron chi connectivity index (χ2n) is 2.91. The van der Waals surface area contributed by atoms with Crippen molar-refractivity contribution in [3.05, 3.63) is 11.5 Å². The fourth-order valence-electron chi connectivity index (χ4n) is 0.848. The molecular weight excluding hydrogens is 190 g/mol. The van der Waals surface area contributed by atoms with E-state index in [2.05, 4.69) is 0 Å². The number of allylic oxidation sites excluding steroid dienone is 1. The quantitative estimate of drug-likeness (QED) is 0.718. The maximum absolute atomic E-state index is 11.4. The molecule has 0 saturated heterocycles. The summed E-state index contributed by atoms with van der Waals surface area (Å²) in [7, 11) is -3.35. The fourth-order valence-corrected chi connectivity index (χ4v) is 2.05. The van der Waals surface area contributed by atoms with E-state index in [1.165, 1.54) is 6.08 Å². The van der Waals surface area contributed by atoms with Crippen LogP contribution in [0.2, 0.25) is 0 Å². The van der Waals surface area contributed by atoms with Crippen molar-refractivity contribution < 1.29 is 13.2 Å². The fraction of sp³-hybridized carbons (Fsp3) is 0.750. The van der Waals surface area contributed by atoms with Crippen molar-refractivity contribution in [2.45, 2.75) is 32.3 Å². The highest BCUT2D eigenvalue weighted by atomic mass is 32.2. The van der Waals surface area contributed by atoms with E-state index < -0.39 is 15.3 Å². The molecule has 78 valence electrons. The van der Waals surface area contributed by atoms with Crippen LogP contribution in [0.15, 0.2) is 11.5 Å². The average Bonchev–Trinajstić information content (AvgIpc) is 1.99. The van der Waals surface area contributed by atoms with E-state index >= 15 is 0 Å². The van der Waals surface area contributed by atoms with Crippen LogP contribution in [-0.2, 0) is 14.6 Å². The number of hydrogen-bond acceptors (Lipinski definition) is 4. The van der Waals surface area contributed by atoms with Gasteiger partial charge in [0.2, 0.25) is 0 Å². The molecule has 0 aromatic rings. The summed E-state index contributed by atoms with van der Waals surface area (Å²) in [4.78, 5) is 0. The molecule has 1 atom stereocenters. The summed E-state index contributed by atoms with van der Waals surface area (Å²) in [6, 6.07) is 0. The summed E-state index contributed by atoms with van der Waals surface area (Å²) in [5.74, 6) is 0. The minimum absolute atomic E-state index is 0.0230. The molecule has 0 heterocycles. The summed E-state index contributed by atoms with van der Waals surface area (Å²) < 4.78 is 28.0. The first-order chi connectivity index (χ1) is 5.94. The zero-order valence-corrected chi connectivity index (χ0v) is 9.04. The molecule has 0 aliphatic rings. The number of rotatable bonds is 5. The van der Waals surface area contributed by atoms with E-state index in [1.54, 1.807) is 20.8 Å². The maximum atomic E-state index is 11.4. The smallest absolute Gasteiger partial charge is 0.199 e. The minimum Gasteiger partial charge on any atom is -0.358 e. The normalized spacial score (nSPS) is 15.5. The lowest BCUT2D eigenvalue weighted by atomic mass is 10.5. The van der Waals surface area contributed by atoms with Crippen LogP contribution in [-0.4, -0.2) is 26.5 Å². The lowest BCUT2D eigenvalue weighted by Gasteiger charge is -2.16. The van der Waals surface area contributed by atoms with Crippen LogP contribution in [0.4, 0.5) is 0 Å². The molecule has 0 spiro atoms. The molecule has 0 aromatic carbocycles. The molecule has 5 heteroatoms. The Morgan fingerprint density at radius 2 is 2.00 bits per heavy atom. The molecule has 0 aliphatic heterocycles. The summed E-state index contributed by atoms with van der Waals surface area (Å²) in [5.41, 5.74) is 4.37. The Hall–Kier alpha value is -0.390. The predicted octanol–water partition coefficient (Wildman–Crippen LogP) is 0.645. The van der Waals surface area contributed by atoms with Gasteiger partial charge in [0.15, 0.2) is 15.3 Å². The average molecular weight is 207 g/mol. The van der Waals surface area contributed by atoms with Crippen LogP contribution < -0.4 is 5.73 Å². The van der Waals surface area contributed by atoms with Gasteiger partial charge >= 0.3 is 0 Å². The van der Waals surface area contributed by atoms with Crippen LogP contribution in [0.25, 0.3) is 0 Å². The molecule has 0 bridgehead atoms. The minimum atomic E-state index is -3.35. The molecule has 0 fully saturated rings. The number of sulfone groups is 1. The molecule has 0 radical (unpaired) electrons. The monoisotopic (exact) mass is 207 g/mol. The van der Waals surface area contributed by atoms with Gasteiger partial charge in [0.25, 0.3) is 0 Å². The van der Waals surface area contributed by atoms with Crippen molar-refractivity contribution in [2.24, 2.45) is 5.73 Å². The van der Waals surface area contributed by atoms with Gasteiger partial charge in [0, 0.05) is 12.0 Å². The van der Waals surface area contributed by atoms with E-state index in [1.807, 2.05) is 0 Å². The molecule has 1 unspecified atom stereocenters. The predicted molar refractivity (Wildman–Crippen MR) is 52.8 cm³/mol. The number of ether oxygens (including phenoxy) is 1. The Morgan fingerprint density at radius 3 is 2.31 bits per heavy atom. The molecule has 0 saturated carbocycles. The third-order valence-electron chi connectivity index (χ3n) is 1.31. The lowest BCUT2D eigenvalue weighted by molar-refractivity contribution is 0.0587. The molecule has 0 rings (SSSR count). The molecule has 0 aliphatic carbocycles. The van der Waals surface area contributed by atoms with E-state index in [9.17, 15) is 8.42 Å². The highest BCUT2D eigenvalue weighted by molar-refractivity contribution is 7.94. The number of hydrogen-bond donors (Lipinski definition) is 1. The van der Waals surface area contributed by atoms with Crippen LogP contribution in [0.5, 0.6) is 0 Å². The van der Waals surface area contributed by atoms with Gasteiger partial charge in [-0.15, -0.1) is 0 Å². The topological polar surface area (TPSA) is 69.4 Å². The van der Waals surface area contributed by atoms with E-state index in [0.29, 0.717) is 0 Å². The maximum Gasteiger partial charge on any atom is 0.199 e. The second kappa shape index (κ2) is 5.36. The van der Waals surface area contributed by atoms with Gasteiger partial charge < -0.3 is 10.5 Å². The standard InChI is InChI=1S/C8H17NO3S/c1-4-5-13(10,11)8(6-9)12-7(2)3/h4-5,7-8H,6,9H2,1-3H3. The molecular formula is C8H17NO3S. The molecule has 0 aromatic heterocycles. The molecule has 0 amide bonds. The summed E-state index contributed by atoms with van der Waals surface area (Å²) in [6.07, 6.45) is 1.32. The van der Waals surface area contributed by atoms with Crippen molar-refractivity contribution in [3.8, 4) is 0 Å². The summed E-state index contributed by atoms with van der Waals surface area (Å²) in [6.45, 7) is 5.16. The molecule has 2 N–H and O–H groups in total. The van der Waals surface area contributed by atoms with Crippen molar-refractivity contribution in [1.29, 1.82) is 0 Å². The first-order valence-corrected chi connectivity index (χ1v) is 5.77. The van der Waals surface area contributed by atoms with Gasteiger partial charge in [-0.05, 0) is 20.8 Å². The van der Waals surface area contributed by atoms with Crippen molar-refractivity contribution in [2.75, 3.05) is 6.54 Å². The van der Waals surface area contributed by atoms with Gasteiger partial charge in [-0.2, -0.15) is 0 Å². The first kappa shape index (κ1) is 12.6.